The van der Waals surface area contributed by atoms with Gasteiger partial charge in [-0.05, 0) is 24.3 Å². The fraction of sp³-hybridized carbons (Fsp3) is 0.143. The van der Waals surface area contributed by atoms with Crippen LogP contribution in [0, 0.1) is 10.6 Å². The summed E-state index contributed by atoms with van der Waals surface area (Å²) in [4.78, 5) is 0.360. The Kier molecular flexibility index (Phi) is 1.95. The highest BCUT2D eigenvalue weighted by atomic mass is 32.2. The summed E-state index contributed by atoms with van der Waals surface area (Å²) in [5.74, 6) is -0.377. The minimum absolute atomic E-state index is 0.360. The summed E-state index contributed by atoms with van der Waals surface area (Å²) >= 11 is 0. The van der Waals surface area contributed by atoms with Crippen molar-refractivity contribution in [3.05, 3.63) is 30.1 Å². The first-order chi connectivity index (χ1) is 5.00. The van der Waals surface area contributed by atoms with E-state index in [1.54, 1.807) is 0 Å². The number of hydrogen-bond acceptors (Lipinski definition) is 2. The molecule has 1 atom stereocenters. The van der Waals surface area contributed by atoms with Crippen LogP contribution in [-0.2, 0) is 9.73 Å². The quantitative estimate of drug-likeness (QED) is 0.691. The Bertz CT molecular complexity index is 341. The lowest BCUT2D eigenvalue weighted by molar-refractivity contribution is 0.626. The molecular formula is C7H8FNOS. The minimum Gasteiger partial charge on any atom is -0.249 e. The van der Waals surface area contributed by atoms with Crippen LogP contribution in [0.25, 0.3) is 0 Å². The number of benzene rings is 1. The summed E-state index contributed by atoms with van der Waals surface area (Å²) in [6, 6.07) is 5.13. The predicted octanol–water partition coefficient (Wildman–Crippen LogP) is 1.86. The van der Waals surface area contributed by atoms with Gasteiger partial charge in [0.15, 0.2) is 0 Å². The second kappa shape index (κ2) is 2.62. The Hall–Kier alpha value is -0.900. The lowest BCUT2D eigenvalue weighted by Gasteiger charge is -1.98. The molecule has 2 nitrogen and oxygen atoms in total. The molecule has 11 heavy (non-hydrogen) atoms. The highest BCUT2D eigenvalue weighted by Gasteiger charge is 2.01. The van der Waals surface area contributed by atoms with Crippen LogP contribution in [0.2, 0.25) is 0 Å². The molecule has 0 amide bonds. The number of halogens is 1. The molecule has 0 aliphatic heterocycles. The van der Waals surface area contributed by atoms with Crippen molar-refractivity contribution >= 4 is 9.73 Å². The summed E-state index contributed by atoms with van der Waals surface area (Å²) in [7, 11) is -2.69. The van der Waals surface area contributed by atoms with E-state index in [4.69, 9.17) is 4.78 Å². The maximum absolute atomic E-state index is 12.3. The normalized spacial score (nSPS) is 15.8. The third kappa shape index (κ3) is 2.01. The van der Waals surface area contributed by atoms with Gasteiger partial charge in [-0.1, -0.05) is 0 Å². The van der Waals surface area contributed by atoms with Crippen LogP contribution in [0.1, 0.15) is 0 Å². The molecule has 0 heterocycles. The number of hydrogen-bond donors (Lipinski definition) is 1. The zero-order chi connectivity index (χ0) is 8.48. The fourth-order valence-electron chi connectivity index (χ4n) is 0.694. The van der Waals surface area contributed by atoms with E-state index in [-0.39, 0.29) is 5.82 Å². The molecule has 0 saturated heterocycles. The molecule has 0 aromatic heterocycles. The largest absolute Gasteiger partial charge is 0.249 e. The Labute approximate surface area is 65.0 Å². The molecule has 60 valence electrons. The molecule has 0 aliphatic rings. The van der Waals surface area contributed by atoms with E-state index in [9.17, 15) is 8.60 Å². The Morgan fingerprint density at radius 2 is 1.82 bits per heavy atom. The van der Waals surface area contributed by atoms with E-state index in [0.717, 1.165) is 0 Å². The number of rotatable bonds is 1. The van der Waals surface area contributed by atoms with Crippen molar-refractivity contribution in [1.82, 2.24) is 0 Å². The zero-order valence-electron chi connectivity index (χ0n) is 6.00. The van der Waals surface area contributed by atoms with Crippen LogP contribution >= 0.6 is 0 Å². The molecule has 0 aliphatic carbocycles. The third-order valence-corrected chi connectivity index (χ3v) is 2.44. The fourth-order valence-corrected chi connectivity index (χ4v) is 1.35. The summed E-state index contributed by atoms with van der Waals surface area (Å²) in [5, 5.41) is 0. The van der Waals surface area contributed by atoms with Crippen LogP contribution in [-0.4, -0.2) is 10.5 Å². The van der Waals surface area contributed by atoms with E-state index in [1.165, 1.54) is 30.5 Å². The van der Waals surface area contributed by atoms with E-state index in [1.807, 2.05) is 0 Å². The van der Waals surface area contributed by atoms with Gasteiger partial charge in [-0.2, -0.15) is 0 Å². The summed E-state index contributed by atoms with van der Waals surface area (Å²) < 4.78 is 30.5. The van der Waals surface area contributed by atoms with Crippen LogP contribution in [0.15, 0.2) is 29.2 Å². The molecule has 4 heteroatoms. The maximum atomic E-state index is 12.3. The molecule has 1 rings (SSSR count). The Morgan fingerprint density at radius 1 is 1.36 bits per heavy atom. The molecule has 0 radical (unpaired) electrons. The molecule has 1 aromatic carbocycles. The standard InChI is InChI=1S/C7H8FNOS/c1-11(9,10)7-4-2-6(8)3-5-7/h2-5,9H,1H3/t11-/m1/s1. The Balaban J connectivity index is 3.20. The van der Waals surface area contributed by atoms with Crippen LogP contribution in [0.5, 0.6) is 0 Å². The first-order valence-corrected chi connectivity index (χ1v) is 4.96. The average Bonchev–Trinajstić information content (AvgIpc) is 1.86. The van der Waals surface area contributed by atoms with Crippen molar-refractivity contribution in [2.75, 3.05) is 6.26 Å². The molecule has 0 bridgehead atoms. The SMILES string of the molecule is C[S@@](=N)(=O)c1ccc(F)cc1. The summed E-state index contributed by atoms with van der Waals surface area (Å²) in [6.07, 6.45) is 1.31. The van der Waals surface area contributed by atoms with Crippen molar-refractivity contribution in [3.8, 4) is 0 Å². The third-order valence-electron chi connectivity index (χ3n) is 1.26. The topological polar surface area (TPSA) is 40.9 Å². The van der Waals surface area contributed by atoms with Gasteiger partial charge in [0.05, 0.1) is 9.73 Å². The lowest BCUT2D eigenvalue weighted by Crippen LogP contribution is -1.93. The summed E-state index contributed by atoms with van der Waals surface area (Å²) in [6.45, 7) is 0. The number of nitrogens with one attached hydrogen (secondary N) is 1. The van der Waals surface area contributed by atoms with E-state index >= 15 is 0 Å². The van der Waals surface area contributed by atoms with Gasteiger partial charge in [-0.15, -0.1) is 0 Å². The van der Waals surface area contributed by atoms with Gasteiger partial charge in [0.2, 0.25) is 0 Å². The maximum Gasteiger partial charge on any atom is 0.123 e. The molecule has 0 spiro atoms. The molecule has 1 N–H and O–H groups in total. The molecular weight excluding hydrogens is 165 g/mol. The first-order valence-electron chi connectivity index (χ1n) is 2.99. The van der Waals surface area contributed by atoms with Crippen molar-refractivity contribution in [3.63, 3.8) is 0 Å². The van der Waals surface area contributed by atoms with E-state index in [0.29, 0.717) is 4.90 Å². The summed E-state index contributed by atoms with van der Waals surface area (Å²) in [5.41, 5.74) is 0. The van der Waals surface area contributed by atoms with Gasteiger partial charge in [0, 0.05) is 11.2 Å². The smallest absolute Gasteiger partial charge is 0.123 e. The first kappa shape index (κ1) is 8.20. The highest BCUT2D eigenvalue weighted by Crippen LogP contribution is 2.09. The Morgan fingerprint density at radius 3 is 2.18 bits per heavy atom. The van der Waals surface area contributed by atoms with Crippen LogP contribution in [0.3, 0.4) is 0 Å². The van der Waals surface area contributed by atoms with Crippen molar-refractivity contribution in [2.45, 2.75) is 4.90 Å². The molecule has 0 saturated carbocycles. The van der Waals surface area contributed by atoms with Gasteiger partial charge < -0.3 is 0 Å². The van der Waals surface area contributed by atoms with Gasteiger partial charge >= 0.3 is 0 Å². The van der Waals surface area contributed by atoms with Gasteiger partial charge in [0.25, 0.3) is 0 Å². The zero-order valence-corrected chi connectivity index (χ0v) is 6.82. The van der Waals surface area contributed by atoms with Crippen molar-refractivity contribution < 1.29 is 8.60 Å². The lowest BCUT2D eigenvalue weighted by atomic mass is 10.4. The van der Waals surface area contributed by atoms with E-state index in [2.05, 4.69) is 0 Å². The van der Waals surface area contributed by atoms with E-state index < -0.39 is 9.73 Å². The minimum atomic E-state index is -2.69. The average molecular weight is 173 g/mol. The van der Waals surface area contributed by atoms with Crippen LogP contribution < -0.4 is 0 Å². The van der Waals surface area contributed by atoms with Gasteiger partial charge in [0.1, 0.15) is 5.82 Å². The van der Waals surface area contributed by atoms with Crippen LogP contribution in [0.4, 0.5) is 4.39 Å². The second-order valence-electron chi connectivity index (χ2n) is 2.30. The molecule has 0 fully saturated rings. The molecule has 1 aromatic rings. The van der Waals surface area contributed by atoms with Crippen molar-refractivity contribution in [2.24, 2.45) is 0 Å². The molecule has 0 unspecified atom stereocenters. The monoisotopic (exact) mass is 173 g/mol. The highest BCUT2D eigenvalue weighted by molar-refractivity contribution is 7.91. The predicted molar refractivity (Wildman–Crippen MR) is 41.5 cm³/mol. The second-order valence-corrected chi connectivity index (χ2v) is 4.46. The van der Waals surface area contributed by atoms with Crippen molar-refractivity contribution in [1.29, 1.82) is 4.78 Å². The van der Waals surface area contributed by atoms with Gasteiger partial charge in [-0.3, -0.25) is 0 Å². The van der Waals surface area contributed by atoms with Gasteiger partial charge in [-0.25, -0.2) is 13.4 Å².